The van der Waals surface area contributed by atoms with Gasteiger partial charge in [0, 0.05) is 33.0 Å². The number of hydrogen-bond acceptors (Lipinski definition) is 4. The van der Waals surface area contributed by atoms with E-state index >= 15 is 0 Å². The van der Waals surface area contributed by atoms with E-state index in [4.69, 9.17) is 4.74 Å². The minimum absolute atomic E-state index is 0.452. The third-order valence-electron chi connectivity index (χ3n) is 3.52. The Kier molecular flexibility index (Phi) is 4.55. The third kappa shape index (κ3) is 3.43. The van der Waals surface area contributed by atoms with Gasteiger partial charge in [-0.1, -0.05) is 6.07 Å². The molecule has 1 saturated heterocycles. The average Bonchev–Trinajstić information content (AvgIpc) is 2.40. The van der Waals surface area contributed by atoms with Crippen molar-refractivity contribution in [3.8, 4) is 0 Å². The lowest BCUT2D eigenvalue weighted by Gasteiger charge is -2.27. The van der Waals surface area contributed by atoms with E-state index in [0.717, 1.165) is 44.0 Å². The Balaban J connectivity index is 1.93. The summed E-state index contributed by atoms with van der Waals surface area (Å²) >= 11 is 0. The van der Waals surface area contributed by atoms with E-state index in [-0.39, 0.29) is 0 Å². The lowest BCUT2D eigenvalue weighted by molar-refractivity contribution is 0.0685. The number of aliphatic hydroxyl groups excluding tert-OH is 1. The van der Waals surface area contributed by atoms with Crippen LogP contribution >= 0.6 is 0 Å². The molecule has 2 heterocycles. The molecule has 18 heavy (non-hydrogen) atoms. The first kappa shape index (κ1) is 13.3. The van der Waals surface area contributed by atoms with E-state index in [2.05, 4.69) is 16.9 Å². The Bertz CT molecular complexity index is 359. The van der Waals surface area contributed by atoms with Crippen LogP contribution in [0.4, 0.5) is 5.82 Å². The van der Waals surface area contributed by atoms with Crippen LogP contribution in [-0.2, 0) is 4.74 Å². The van der Waals surface area contributed by atoms with Gasteiger partial charge < -0.3 is 14.7 Å². The summed E-state index contributed by atoms with van der Waals surface area (Å²) in [7, 11) is 2.07. The number of aromatic nitrogens is 1. The number of anilines is 1. The lowest BCUT2D eigenvalue weighted by Crippen LogP contribution is -2.30. The molecule has 0 aliphatic carbocycles. The largest absolute Gasteiger partial charge is 0.389 e. The maximum Gasteiger partial charge on any atom is 0.128 e. The molecule has 0 aromatic carbocycles. The van der Waals surface area contributed by atoms with Gasteiger partial charge in [-0.3, -0.25) is 0 Å². The average molecular weight is 250 g/mol. The summed E-state index contributed by atoms with van der Waals surface area (Å²) in [6.45, 7) is 4.53. The van der Waals surface area contributed by atoms with Crippen molar-refractivity contribution in [2.24, 2.45) is 5.92 Å². The van der Waals surface area contributed by atoms with Crippen LogP contribution in [0.2, 0.25) is 0 Å². The zero-order valence-corrected chi connectivity index (χ0v) is 11.2. The van der Waals surface area contributed by atoms with Crippen molar-refractivity contribution in [1.29, 1.82) is 0 Å². The lowest BCUT2D eigenvalue weighted by atomic mass is 10.00. The summed E-state index contributed by atoms with van der Waals surface area (Å²) in [5.74, 6) is 1.66. The number of nitrogens with zero attached hydrogens (tertiary/aromatic N) is 2. The Labute approximate surface area is 109 Å². The fourth-order valence-electron chi connectivity index (χ4n) is 2.28. The van der Waals surface area contributed by atoms with Crippen LogP contribution in [0.15, 0.2) is 18.3 Å². The summed E-state index contributed by atoms with van der Waals surface area (Å²) in [5, 5.41) is 9.45. The molecule has 4 heteroatoms. The van der Waals surface area contributed by atoms with Crippen molar-refractivity contribution in [3.63, 3.8) is 0 Å². The first-order valence-electron chi connectivity index (χ1n) is 6.59. The van der Waals surface area contributed by atoms with E-state index in [0.29, 0.717) is 5.92 Å². The molecule has 0 unspecified atom stereocenters. The molecule has 0 amide bonds. The number of aliphatic hydroxyl groups is 1. The second-order valence-electron chi connectivity index (χ2n) is 5.06. The van der Waals surface area contributed by atoms with Gasteiger partial charge >= 0.3 is 0 Å². The monoisotopic (exact) mass is 250 g/mol. The first-order chi connectivity index (χ1) is 8.66. The minimum Gasteiger partial charge on any atom is -0.389 e. The Morgan fingerprint density at radius 1 is 1.44 bits per heavy atom. The Morgan fingerprint density at radius 3 is 2.72 bits per heavy atom. The van der Waals surface area contributed by atoms with Gasteiger partial charge in [0.25, 0.3) is 0 Å². The highest BCUT2D eigenvalue weighted by Gasteiger charge is 2.16. The molecule has 1 aromatic rings. The van der Waals surface area contributed by atoms with E-state index < -0.39 is 6.10 Å². The third-order valence-corrected chi connectivity index (χ3v) is 3.52. The fourth-order valence-corrected chi connectivity index (χ4v) is 2.28. The van der Waals surface area contributed by atoms with Crippen molar-refractivity contribution in [1.82, 2.24) is 4.98 Å². The Morgan fingerprint density at radius 2 is 2.17 bits per heavy atom. The van der Waals surface area contributed by atoms with Crippen LogP contribution < -0.4 is 4.90 Å². The summed E-state index contributed by atoms with van der Waals surface area (Å²) in [5.41, 5.74) is 0.859. The van der Waals surface area contributed by atoms with Crippen LogP contribution in [0.1, 0.15) is 31.4 Å². The van der Waals surface area contributed by atoms with Gasteiger partial charge in [-0.25, -0.2) is 4.98 Å². The topological polar surface area (TPSA) is 45.6 Å². The zero-order valence-electron chi connectivity index (χ0n) is 11.2. The number of pyridine rings is 1. The summed E-state index contributed by atoms with van der Waals surface area (Å²) < 4.78 is 5.37. The predicted molar refractivity (Wildman–Crippen MR) is 71.7 cm³/mol. The molecule has 1 aliphatic heterocycles. The molecule has 1 atom stereocenters. The number of rotatable bonds is 4. The normalized spacial score (nSPS) is 18.6. The molecular weight excluding hydrogens is 228 g/mol. The number of hydrogen-bond donors (Lipinski definition) is 1. The molecule has 0 radical (unpaired) electrons. The quantitative estimate of drug-likeness (QED) is 0.887. The van der Waals surface area contributed by atoms with Gasteiger partial charge in [0.15, 0.2) is 0 Å². The summed E-state index contributed by atoms with van der Waals surface area (Å²) in [6, 6.07) is 3.91. The first-order valence-corrected chi connectivity index (χ1v) is 6.59. The standard InChI is InChI=1S/C14H22N2O2/c1-11(17)13-3-4-14(15-9-13)16(2)10-12-5-7-18-8-6-12/h3-4,9,11-12,17H,5-8,10H2,1-2H3/t11-/m1/s1. The van der Waals surface area contributed by atoms with Crippen LogP contribution in [0.25, 0.3) is 0 Å². The maximum absolute atomic E-state index is 9.45. The molecule has 1 aliphatic rings. The molecule has 0 saturated carbocycles. The summed E-state index contributed by atoms with van der Waals surface area (Å²) in [4.78, 5) is 6.58. The molecular formula is C14H22N2O2. The smallest absolute Gasteiger partial charge is 0.128 e. The van der Waals surface area contributed by atoms with E-state index in [1.165, 1.54) is 0 Å². The van der Waals surface area contributed by atoms with Crippen LogP contribution in [0.5, 0.6) is 0 Å². The van der Waals surface area contributed by atoms with Crippen LogP contribution in [-0.4, -0.2) is 36.9 Å². The van der Waals surface area contributed by atoms with Crippen molar-refractivity contribution in [2.75, 3.05) is 31.7 Å². The van der Waals surface area contributed by atoms with E-state index in [9.17, 15) is 5.11 Å². The second-order valence-corrected chi connectivity index (χ2v) is 5.06. The summed E-state index contributed by atoms with van der Waals surface area (Å²) in [6.07, 6.45) is 3.57. The maximum atomic E-state index is 9.45. The highest BCUT2D eigenvalue weighted by Crippen LogP contribution is 2.19. The van der Waals surface area contributed by atoms with Crippen LogP contribution in [0.3, 0.4) is 0 Å². The molecule has 1 N–H and O–H groups in total. The van der Waals surface area contributed by atoms with Crippen molar-refractivity contribution in [3.05, 3.63) is 23.9 Å². The van der Waals surface area contributed by atoms with Gasteiger partial charge in [0.05, 0.1) is 6.10 Å². The van der Waals surface area contributed by atoms with Gasteiger partial charge in [-0.15, -0.1) is 0 Å². The predicted octanol–water partition coefficient (Wildman–Crippen LogP) is 2.00. The van der Waals surface area contributed by atoms with Gasteiger partial charge in [-0.05, 0) is 37.3 Å². The van der Waals surface area contributed by atoms with Gasteiger partial charge in [-0.2, -0.15) is 0 Å². The highest BCUT2D eigenvalue weighted by atomic mass is 16.5. The van der Waals surface area contributed by atoms with E-state index in [1.54, 1.807) is 13.1 Å². The van der Waals surface area contributed by atoms with Gasteiger partial charge in [0.2, 0.25) is 0 Å². The van der Waals surface area contributed by atoms with E-state index in [1.807, 2.05) is 12.1 Å². The second kappa shape index (κ2) is 6.16. The van der Waals surface area contributed by atoms with Gasteiger partial charge in [0.1, 0.15) is 5.82 Å². The highest BCUT2D eigenvalue weighted by molar-refractivity contribution is 5.38. The molecule has 4 nitrogen and oxygen atoms in total. The number of ether oxygens (including phenoxy) is 1. The van der Waals surface area contributed by atoms with Crippen molar-refractivity contribution in [2.45, 2.75) is 25.9 Å². The Hall–Kier alpha value is -1.13. The molecule has 1 fully saturated rings. The molecule has 0 spiro atoms. The van der Waals surface area contributed by atoms with Crippen molar-refractivity contribution >= 4 is 5.82 Å². The minimum atomic E-state index is -0.452. The zero-order chi connectivity index (χ0) is 13.0. The molecule has 1 aromatic heterocycles. The van der Waals surface area contributed by atoms with Crippen LogP contribution in [0, 0.1) is 5.92 Å². The SMILES string of the molecule is C[C@@H](O)c1ccc(N(C)CC2CCOCC2)nc1. The van der Waals surface area contributed by atoms with Crippen molar-refractivity contribution < 1.29 is 9.84 Å². The molecule has 100 valence electrons. The molecule has 2 rings (SSSR count). The molecule has 0 bridgehead atoms. The fraction of sp³-hybridized carbons (Fsp3) is 0.643.